The first kappa shape index (κ1) is 27.1. The quantitative estimate of drug-likeness (QED) is 0.480. The van der Waals surface area contributed by atoms with Crippen molar-refractivity contribution in [2.24, 2.45) is 5.92 Å². The van der Waals surface area contributed by atoms with Gasteiger partial charge in [0, 0.05) is 30.1 Å². The van der Waals surface area contributed by atoms with E-state index >= 15 is 0 Å². The van der Waals surface area contributed by atoms with Gasteiger partial charge in [-0.3, -0.25) is 14.4 Å². The van der Waals surface area contributed by atoms with Gasteiger partial charge in [-0.1, -0.05) is 12.1 Å². The van der Waals surface area contributed by atoms with Gasteiger partial charge in [-0.05, 0) is 55.5 Å². The Morgan fingerprint density at radius 1 is 1.12 bits per heavy atom. The summed E-state index contributed by atoms with van der Waals surface area (Å²) in [5.74, 6) is 1.30. The van der Waals surface area contributed by atoms with Crippen LogP contribution in [0.5, 0.6) is 17.2 Å². The summed E-state index contributed by atoms with van der Waals surface area (Å²) in [6.45, 7) is 3.24. The monoisotopic (exact) mass is 576 g/mol. The summed E-state index contributed by atoms with van der Waals surface area (Å²) >= 11 is 1.51. The molecule has 1 aliphatic carbocycles. The average Bonchev–Trinajstić information content (AvgIpc) is 3.59. The zero-order chi connectivity index (χ0) is 28.3. The average molecular weight is 577 g/mol. The summed E-state index contributed by atoms with van der Waals surface area (Å²) in [5, 5.41) is 8.73. The Labute approximate surface area is 242 Å². The highest BCUT2D eigenvalue weighted by atomic mass is 32.1. The van der Waals surface area contributed by atoms with Crippen molar-refractivity contribution in [3.05, 3.63) is 69.7 Å². The van der Waals surface area contributed by atoms with Crippen LogP contribution in [0, 0.1) is 12.8 Å². The van der Waals surface area contributed by atoms with Crippen LogP contribution in [-0.4, -0.2) is 66.1 Å². The van der Waals surface area contributed by atoms with E-state index in [2.05, 4.69) is 15.6 Å². The lowest BCUT2D eigenvalue weighted by atomic mass is 10.1. The second-order valence-corrected chi connectivity index (χ2v) is 11.8. The second kappa shape index (κ2) is 11.8. The zero-order valence-corrected chi connectivity index (χ0v) is 23.6. The van der Waals surface area contributed by atoms with Gasteiger partial charge in [-0.15, -0.1) is 11.3 Å². The third kappa shape index (κ3) is 6.97. The number of aryl methyl sites for hydroxylation is 1. The Kier molecular flexibility index (Phi) is 7.78. The molecule has 41 heavy (non-hydrogen) atoms. The van der Waals surface area contributed by atoms with Crippen molar-refractivity contribution in [2.45, 2.75) is 44.9 Å². The number of rotatable bonds is 5. The minimum Gasteiger partial charge on any atom is -0.493 e. The predicted molar refractivity (Wildman–Crippen MR) is 151 cm³/mol. The van der Waals surface area contributed by atoms with Crippen molar-refractivity contribution in [1.29, 1.82) is 0 Å². The topological polar surface area (TPSA) is 119 Å². The van der Waals surface area contributed by atoms with Crippen molar-refractivity contribution >= 4 is 29.1 Å². The molecule has 0 spiro atoms. The predicted octanol–water partition coefficient (Wildman–Crippen LogP) is 2.88. The molecule has 1 saturated carbocycles. The van der Waals surface area contributed by atoms with Gasteiger partial charge in [0.2, 0.25) is 5.91 Å². The smallest absolute Gasteiger partial charge is 0.258 e. The zero-order valence-electron chi connectivity index (χ0n) is 22.8. The molecular formula is C30H32N4O6S. The molecule has 3 amide bonds. The van der Waals surface area contributed by atoms with E-state index in [1.54, 1.807) is 23.1 Å². The molecule has 0 unspecified atom stereocenters. The van der Waals surface area contributed by atoms with Gasteiger partial charge in [0.25, 0.3) is 11.8 Å². The Balaban J connectivity index is 1.26. The van der Waals surface area contributed by atoms with E-state index in [9.17, 15) is 14.4 Å². The van der Waals surface area contributed by atoms with Crippen LogP contribution in [0.25, 0.3) is 0 Å². The first-order chi connectivity index (χ1) is 19.9. The molecule has 0 radical (unpaired) electrons. The number of nitrogens with one attached hydrogen (secondary N) is 2. The number of likely N-dealkylation sites (tertiary alicyclic amines) is 1. The maximum absolute atomic E-state index is 13.6. The first-order valence-electron chi connectivity index (χ1n) is 13.8. The minimum atomic E-state index is -0.466. The molecule has 3 aliphatic heterocycles. The van der Waals surface area contributed by atoms with Crippen LogP contribution in [0.4, 0.5) is 0 Å². The molecule has 10 nitrogen and oxygen atoms in total. The normalized spacial score (nSPS) is 20.8. The highest BCUT2D eigenvalue weighted by Gasteiger charge is 2.38. The number of nitrogens with zero attached hydrogens (tertiary/aromatic N) is 2. The maximum atomic E-state index is 13.6. The molecule has 4 aliphatic rings. The van der Waals surface area contributed by atoms with E-state index < -0.39 is 12.1 Å². The summed E-state index contributed by atoms with van der Waals surface area (Å²) in [4.78, 5) is 45.3. The maximum Gasteiger partial charge on any atom is 0.258 e. The number of benzene rings is 2. The number of aromatic nitrogens is 1. The molecule has 3 aromatic rings. The number of carbonyl (C=O) groups is 3. The Hall–Kier alpha value is -4.12. The third-order valence-electron chi connectivity index (χ3n) is 7.33. The molecule has 1 aromatic heterocycles. The van der Waals surface area contributed by atoms with Gasteiger partial charge >= 0.3 is 0 Å². The Morgan fingerprint density at radius 3 is 2.71 bits per heavy atom. The summed E-state index contributed by atoms with van der Waals surface area (Å²) in [5.41, 5.74) is 1.98. The number of hydrogen-bond donors (Lipinski definition) is 2. The van der Waals surface area contributed by atoms with E-state index in [1.807, 2.05) is 36.6 Å². The number of ether oxygens (including phenoxy) is 3. The highest BCUT2D eigenvalue weighted by molar-refractivity contribution is 7.09. The standard InChI is InChI=1S/C30H32N4O6S/c1-18-32-22(17-41-18)10-29(36)34-13-26-27(14-34)40-23-6-4-19(5-7-23)12-31-28(35)16-39-25-9-21(30(37)33-26)8-24(11-25)38-15-20-2-3-20/h4-9,11,17,20,26-27H,2-3,10,12-16H2,1H3,(H,31,35)(H,33,37)/t26-,27-/m0/s1. The van der Waals surface area contributed by atoms with Crippen LogP contribution < -0.4 is 24.8 Å². The van der Waals surface area contributed by atoms with E-state index in [0.29, 0.717) is 55.0 Å². The van der Waals surface area contributed by atoms with Crippen LogP contribution >= 0.6 is 11.3 Å². The van der Waals surface area contributed by atoms with Gasteiger partial charge in [0.1, 0.15) is 23.4 Å². The fourth-order valence-electron chi connectivity index (χ4n) is 4.87. The molecule has 4 bridgehead atoms. The molecule has 4 heterocycles. The Bertz CT molecular complexity index is 1440. The summed E-state index contributed by atoms with van der Waals surface area (Å²) < 4.78 is 18.0. The third-order valence-corrected chi connectivity index (χ3v) is 8.15. The summed E-state index contributed by atoms with van der Waals surface area (Å²) in [6, 6.07) is 11.9. The van der Waals surface area contributed by atoms with Crippen molar-refractivity contribution in [2.75, 3.05) is 26.3 Å². The second-order valence-electron chi connectivity index (χ2n) is 10.7. The van der Waals surface area contributed by atoms with Gasteiger partial charge < -0.3 is 29.7 Å². The number of amides is 3. The van der Waals surface area contributed by atoms with Gasteiger partial charge in [0.15, 0.2) is 6.61 Å². The van der Waals surface area contributed by atoms with Gasteiger partial charge in [-0.25, -0.2) is 4.98 Å². The molecule has 2 N–H and O–H groups in total. The number of thiazole rings is 1. The van der Waals surface area contributed by atoms with E-state index in [1.165, 1.54) is 11.3 Å². The van der Waals surface area contributed by atoms with E-state index in [-0.39, 0.29) is 30.7 Å². The molecule has 2 atom stereocenters. The lowest BCUT2D eigenvalue weighted by Gasteiger charge is -2.21. The Morgan fingerprint density at radius 2 is 1.95 bits per heavy atom. The number of carbonyl (C=O) groups excluding carboxylic acids is 3. The molecular weight excluding hydrogens is 544 g/mol. The lowest BCUT2D eigenvalue weighted by molar-refractivity contribution is -0.129. The largest absolute Gasteiger partial charge is 0.493 e. The fourth-order valence-corrected chi connectivity index (χ4v) is 5.49. The van der Waals surface area contributed by atoms with Crippen LogP contribution in [0.3, 0.4) is 0 Å². The van der Waals surface area contributed by atoms with Crippen LogP contribution in [0.15, 0.2) is 47.8 Å². The van der Waals surface area contributed by atoms with Crippen LogP contribution in [0.2, 0.25) is 0 Å². The molecule has 2 fully saturated rings. The summed E-state index contributed by atoms with van der Waals surface area (Å²) in [7, 11) is 0. The molecule has 1 saturated heterocycles. The van der Waals surface area contributed by atoms with Crippen molar-refractivity contribution in [3.63, 3.8) is 0 Å². The SMILES string of the molecule is Cc1nc(CC(=O)N2C[C@@H]3NC(=O)c4cc(cc(OCC5CC5)c4)OCC(=O)NCc4ccc(cc4)O[C@H]3C2)cs1. The van der Waals surface area contributed by atoms with Gasteiger partial charge in [-0.2, -0.15) is 0 Å². The molecule has 214 valence electrons. The minimum absolute atomic E-state index is 0.0694. The fraction of sp³-hybridized carbons (Fsp3) is 0.400. The van der Waals surface area contributed by atoms with Crippen molar-refractivity contribution in [1.82, 2.24) is 20.5 Å². The van der Waals surface area contributed by atoms with Crippen molar-refractivity contribution in [3.8, 4) is 17.2 Å². The molecule has 11 heteroatoms. The van der Waals surface area contributed by atoms with E-state index in [0.717, 1.165) is 29.1 Å². The van der Waals surface area contributed by atoms with E-state index in [4.69, 9.17) is 14.2 Å². The number of fused-ring (bicyclic) bond motifs is 7. The molecule has 2 aromatic carbocycles. The van der Waals surface area contributed by atoms with Gasteiger partial charge in [0.05, 0.1) is 36.3 Å². The van der Waals surface area contributed by atoms with Crippen LogP contribution in [-0.2, 0) is 22.6 Å². The van der Waals surface area contributed by atoms with Crippen molar-refractivity contribution < 1.29 is 28.6 Å². The highest BCUT2D eigenvalue weighted by Crippen LogP contribution is 2.31. The number of hydrogen-bond acceptors (Lipinski definition) is 8. The molecule has 7 rings (SSSR count). The first-order valence-corrected chi connectivity index (χ1v) is 14.7. The lowest BCUT2D eigenvalue weighted by Crippen LogP contribution is -2.45. The summed E-state index contributed by atoms with van der Waals surface area (Å²) in [6.07, 6.45) is 1.99. The van der Waals surface area contributed by atoms with Crippen LogP contribution in [0.1, 0.15) is 39.5 Å².